The van der Waals surface area contributed by atoms with E-state index in [1.807, 2.05) is 12.3 Å². The maximum absolute atomic E-state index is 13.0. The number of amides is 3. The number of aromatic nitrogens is 1. The number of rotatable bonds is 6. The molecule has 1 aliphatic heterocycles. The van der Waals surface area contributed by atoms with Crippen LogP contribution in [0.15, 0.2) is 29.6 Å². The van der Waals surface area contributed by atoms with Crippen molar-refractivity contribution in [2.75, 3.05) is 31.1 Å². The molecule has 0 atom stereocenters. The number of carbonyl (C=O) groups is 2. The summed E-state index contributed by atoms with van der Waals surface area (Å²) in [5.41, 5.74) is 1.59. The molecule has 3 amide bonds. The predicted octanol–water partition coefficient (Wildman–Crippen LogP) is 2.19. The van der Waals surface area contributed by atoms with Crippen LogP contribution in [0.3, 0.4) is 0 Å². The van der Waals surface area contributed by atoms with Gasteiger partial charge in [-0.25, -0.2) is 14.2 Å². The first-order valence-corrected chi connectivity index (χ1v) is 8.90. The fourth-order valence-electron chi connectivity index (χ4n) is 2.67. The molecule has 1 aromatic carbocycles. The Morgan fingerprint density at radius 1 is 1.32 bits per heavy atom. The van der Waals surface area contributed by atoms with Crippen LogP contribution in [0.4, 0.5) is 14.9 Å². The number of urea groups is 1. The lowest BCUT2D eigenvalue weighted by Gasteiger charge is -2.18. The van der Waals surface area contributed by atoms with Gasteiger partial charge in [0.1, 0.15) is 12.4 Å². The van der Waals surface area contributed by atoms with Crippen LogP contribution in [-0.4, -0.2) is 48.0 Å². The predicted molar refractivity (Wildman–Crippen MR) is 94.3 cm³/mol. The van der Waals surface area contributed by atoms with Crippen LogP contribution in [0.2, 0.25) is 0 Å². The Hall–Kier alpha value is -2.48. The number of nitrogens with zero attached hydrogens (tertiary/aromatic N) is 3. The van der Waals surface area contributed by atoms with Crippen molar-refractivity contribution in [3.8, 4) is 0 Å². The summed E-state index contributed by atoms with van der Waals surface area (Å²) in [6.07, 6.45) is 0.672. The van der Waals surface area contributed by atoms with Crippen LogP contribution in [0.5, 0.6) is 0 Å². The van der Waals surface area contributed by atoms with E-state index in [-0.39, 0.29) is 24.3 Å². The highest BCUT2D eigenvalue weighted by Crippen LogP contribution is 2.20. The van der Waals surface area contributed by atoms with Crippen molar-refractivity contribution in [3.63, 3.8) is 0 Å². The molecule has 132 valence electrons. The zero-order valence-corrected chi connectivity index (χ0v) is 14.7. The molecule has 1 N–H and O–H groups in total. The maximum atomic E-state index is 13.0. The number of nitrogens with one attached hydrogen (secondary N) is 1. The molecule has 25 heavy (non-hydrogen) atoms. The summed E-state index contributed by atoms with van der Waals surface area (Å²) in [6, 6.07) is 5.52. The number of carbonyl (C=O) groups excluding carboxylic acids is 2. The van der Waals surface area contributed by atoms with E-state index in [9.17, 15) is 14.0 Å². The topological polar surface area (TPSA) is 65.5 Å². The summed E-state index contributed by atoms with van der Waals surface area (Å²) < 4.78 is 13.0. The lowest BCUT2D eigenvalue weighted by atomic mass is 10.3. The standard InChI is InChI=1S/C17H19FN4O2S/c1-12-20-14(11-25-12)6-7-19-16(23)10-21-8-9-22(17(21)24)15-4-2-13(18)3-5-15/h2-5,11H,6-10H2,1H3,(H,19,23). The Kier molecular flexibility index (Phi) is 5.28. The minimum Gasteiger partial charge on any atom is -0.354 e. The van der Waals surface area contributed by atoms with Crippen molar-refractivity contribution in [3.05, 3.63) is 46.2 Å². The molecule has 1 saturated heterocycles. The molecule has 0 radical (unpaired) electrons. The Labute approximate surface area is 149 Å². The van der Waals surface area contributed by atoms with E-state index in [0.29, 0.717) is 31.7 Å². The highest BCUT2D eigenvalue weighted by atomic mass is 32.1. The van der Waals surface area contributed by atoms with Gasteiger partial charge in [0, 0.05) is 37.1 Å². The minimum atomic E-state index is -0.345. The van der Waals surface area contributed by atoms with Gasteiger partial charge in [0.2, 0.25) is 5.91 Å². The lowest BCUT2D eigenvalue weighted by Crippen LogP contribution is -2.40. The van der Waals surface area contributed by atoms with Gasteiger partial charge in [0.15, 0.2) is 0 Å². The van der Waals surface area contributed by atoms with Gasteiger partial charge in [-0.15, -0.1) is 11.3 Å². The van der Waals surface area contributed by atoms with Crippen LogP contribution >= 0.6 is 11.3 Å². The summed E-state index contributed by atoms with van der Waals surface area (Å²) in [4.78, 5) is 31.8. The summed E-state index contributed by atoms with van der Waals surface area (Å²) in [7, 11) is 0. The fraction of sp³-hybridized carbons (Fsp3) is 0.353. The molecule has 1 aromatic heterocycles. The van der Waals surface area contributed by atoms with Crippen molar-refractivity contribution in [2.24, 2.45) is 0 Å². The third-order valence-electron chi connectivity index (χ3n) is 3.94. The van der Waals surface area contributed by atoms with Crippen LogP contribution in [0.25, 0.3) is 0 Å². The van der Waals surface area contributed by atoms with Crippen LogP contribution in [-0.2, 0) is 11.2 Å². The quantitative estimate of drug-likeness (QED) is 0.857. The first-order valence-electron chi connectivity index (χ1n) is 8.02. The highest BCUT2D eigenvalue weighted by Gasteiger charge is 2.30. The van der Waals surface area contributed by atoms with E-state index in [2.05, 4.69) is 10.3 Å². The number of aryl methyl sites for hydroxylation is 1. The second-order valence-electron chi connectivity index (χ2n) is 5.79. The number of halogens is 1. The van der Waals surface area contributed by atoms with Crippen molar-refractivity contribution in [1.82, 2.24) is 15.2 Å². The summed E-state index contributed by atoms with van der Waals surface area (Å²) in [5.74, 6) is -0.539. The smallest absolute Gasteiger partial charge is 0.325 e. The van der Waals surface area contributed by atoms with Gasteiger partial charge in [-0.1, -0.05) is 0 Å². The molecule has 0 saturated carbocycles. The Balaban J connectivity index is 1.47. The second-order valence-corrected chi connectivity index (χ2v) is 6.85. The van der Waals surface area contributed by atoms with Gasteiger partial charge in [-0.3, -0.25) is 9.69 Å². The van der Waals surface area contributed by atoms with E-state index < -0.39 is 0 Å². The van der Waals surface area contributed by atoms with Gasteiger partial charge >= 0.3 is 6.03 Å². The van der Waals surface area contributed by atoms with Crippen LogP contribution in [0.1, 0.15) is 10.7 Å². The zero-order chi connectivity index (χ0) is 17.8. The molecular weight excluding hydrogens is 343 g/mol. The average Bonchev–Trinajstić information content (AvgIpc) is 3.15. The summed E-state index contributed by atoms with van der Waals surface area (Å²) in [6.45, 7) is 3.40. The molecule has 2 heterocycles. The van der Waals surface area contributed by atoms with Crippen molar-refractivity contribution in [2.45, 2.75) is 13.3 Å². The largest absolute Gasteiger partial charge is 0.354 e. The van der Waals surface area contributed by atoms with E-state index in [1.54, 1.807) is 28.4 Å². The van der Waals surface area contributed by atoms with Gasteiger partial charge in [-0.2, -0.15) is 0 Å². The van der Waals surface area contributed by atoms with Crippen LogP contribution < -0.4 is 10.2 Å². The van der Waals surface area contributed by atoms with Gasteiger partial charge in [0.05, 0.1) is 10.7 Å². The SMILES string of the molecule is Cc1nc(CCNC(=O)CN2CCN(c3ccc(F)cc3)C2=O)cs1. The molecule has 3 rings (SSSR count). The third-order valence-corrected chi connectivity index (χ3v) is 4.76. The Bertz CT molecular complexity index is 762. The number of anilines is 1. The molecular formula is C17H19FN4O2S. The first-order chi connectivity index (χ1) is 12.0. The number of hydrogen-bond donors (Lipinski definition) is 1. The molecule has 8 heteroatoms. The summed E-state index contributed by atoms with van der Waals surface area (Å²) >= 11 is 1.58. The molecule has 0 unspecified atom stereocenters. The molecule has 0 bridgehead atoms. The average molecular weight is 362 g/mol. The molecule has 0 spiro atoms. The first kappa shape index (κ1) is 17.3. The normalized spacial score (nSPS) is 14.2. The van der Waals surface area contributed by atoms with E-state index >= 15 is 0 Å². The van der Waals surface area contributed by atoms with Crippen molar-refractivity contribution >= 4 is 29.0 Å². The molecule has 1 fully saturated rings. The number of hydrogen-bond acceptors (Lipinski definition) is 4. The molecule has 2 aromatic rings. The molecule has 1 aliphatic rings. The van der Waals surface area contributed by atoms with E-state index in [4.69, 9.17) is 0 Å². The zero-order valence-electron chi connectivity index (χ0n) is 13.9. The van der Waals surface area contributed by atoms with Crippen molar-refractivity contribution in [1.29, 1.82) is 0 Å². The second kappa shape index (κ2) is 7.60. The van der Waals surface area contributed by atoms with E-state index in [0.717, 1.165) is 10.7 Å². The minimum absolute atomic E-state index is 0.0205. The van der Waals surface area contributed by atoms with Crippen LogP contribution in [0, 0.1) is 12.7 Å². The van der Waals surface area contributed by atoms with Crippen molar-refractivity contribution < 1.29 is 14.0 Å². The third kappa shape index (κ3) is 4.33. The Morgan fingerprint density at radius 3 is 2.76 bits per heavy atom. The lowest BCUT2D eigenvalue weighted by molar-refractivity contribution is -0.121. The van der Waals surface area contributed by atoms with E-state index in [1.165, 1.54) is 17.0 Å². The molecule has 6 nitrogen and oxygen atoms in total. The maximum Gasteiger partial charge on any atom is 0.325 e. The van der Waals surface area contributed by atoms with Gasteiger partial charge in [0.25, 0.3) is 0 Å². The van der Waals surface area contributed by atoms with Gasteiger partial charge in [-0.05, 0) is 31.2 Å². The molecule has 0 aliphatic carbocycles. The Morgan fingerprint density at radius 2 is 2.08 bits per heavy atom. The van der Waals surface area contributed by atoms with Gasteiger partial charge < -0.3 is 10.2 Å². The number of benzene rings is 1. The fourth-order valence-corrected chi connectivity index (χ4v) is 3.32. The summed E-state index contributed by atoms with van der Waals surface area (Å²) in [5, 5.41) is 5.80. The highest BCUT2D eigenvalue weighted by molar-refractivity contribution is 7.09. The monoisotopic (exact) mass is 362 g/mol. The number of thiazole rings is 1.